The summed E-state index contributed by atoms with van der Waals surface area (Å²) in [5, 5.41) is 1.37. The van der Waals surface area contributed by atoms with E-state index in [2.05, 4.69) is 15.9 Å². The number of halogens is 5. The molecule has 0 aromatic heterocycles. The molecule has 7 heteroatoms. The minimum Gasteiger partial charge on any atom is -0.449 e. The van der Waals surface area contributed by atoms with E-state index in [0.29, 0.717) is 42.5 Å². The highest BCUT2D eigenvalue weighted by atomic mass is 79.9. The zero-order valence-corrected chi connectivity index (χ0v) is 13.5. The maximum atomic E-state index is 6.13. The molecule has 0 saturated carbocycles. The van der Waals surface area contributed by atoms with Crippen molar-refractivity contribution >= 4 is 62.3 Å². The smallest absolute Gasteiger partial charge is 0.190 e. The average molecular weight is 401 g/mol. The van der Waals surface area contributed by atoms with Crippen molar-refractivity contribution in [1.82, 2.24) is 0 Å². The van der Waals surface area contributed by atoms with Crippen molar-refractivity contribution in [2.75, 3.05) is 0 Å². The molecule has 0 spiro atoms. The number of rotatable bonds is 0. The molecule has 0 atom stereocenters. The fraction of sp³-hybridized carbons (Fsp3) is 0. The van der Waals surface area contributed by atoms with Gasteiger partial charge < -0.3 is 9.47 Å². The Kier molecular flexibility index (Phi) is 3.52. The lowest BCUT2D eigenvalue weighted by Crippen LogP contribution is -2.00. The van der Waals surface area contributed by atoms with Gasteiger partial charge in [0, 0.05) is 22.7 Å². The molecule has 0 N–H and O–H groups in total. The molecule has 0 bridgehead atoms. The molecule has 3 rings (SSSR count). The molecule has 0 fully saturated rings. The summed E-state index contributed by atoms with van der Waals surface area (Å²) in [7, 11) is 0. The molecule has 19 heavy (non-hydrogen) atoms. The number of benzene rings is 2. The molecule has 98 valence electrons. The first-order chi connectivity index (χ1) is 8.97. The number of ether oxygens (including phenoxy) is 2. The van der Waals surface area contributed by atoms with Crippen LogP contribution in [-0.4, -0.2) is 0 Å². The highest BCUT2D eigenvalue weighted by Gasteiger charge is 2.25. The third-order valence-electron chi connectivity index (χ3n) is 2.50. The Labute approximate surface area is 137 Å². The van der Waals surface area contributed by atoms with E-state index in [4.69, 9.17) is 55.9 Å². The van der Waals surface area contributed by atoms with Crippen molar-refractivity contribution in [2.45, 2.75) is 0 Å². The Hall–Kier alpha value is -0.320. The zero-order valence-electron chi connectivity index (χ0n) is 8.94. The molecule has 0 amide bonds. The van der Waals surface area contributed by atoms with Crippen LogP contribution < -0.4 is 9.47 Å². The van der Waals surface area contributed by atoms with E-state index in [1.165, 1.54) is 0 Å². The fourth-order valence-corrected chi connectivity index (χ4v) is 2.83. The first kappa shape index (κ1) is 13.7. The number of hydrogen-bond acceptors (Lipinski definition) is 2. The van der Waals surface area contributed by atoms with Crippen LogP contribution in [0.3, 0.4) is 0 Å². The maximum Gasteiger partial charge on any atom is 0.190 e. The second kappa shape index (κ2) is 4.90. The minimum atomic E-state index is 0.266. The standard InChI is InChI=1S/C12H3BrCl4O2/c13-4-1-9-12(11(17)10(4)16)19-8-3-6(15)5(14)2-7(8)18-9/h1-3H. The molecule has 1 aliphatic rings. The third-order valence-corrected chi connectivity index (χ3v) is 4.93. The van der Waals surface area contributed by atoms with E-state index < -0.39 is 0 Å². The van der Waals surface area contributed by atoms with Crippen LogP contribution >= 0.6 is 62.3 Å². The molecular formula is C12H3BrCl4O2. The monoisotopic (exact) mass is 398 g/mol. The summed E-state index contributed by atoms with van der Waals surface area (Å²) in [6.45, 7) is 0. The topological polar surface area (TPSA) is 18.5 Å². The highest BCUT2D eigenvalue weighted by Crippen LogP contribution is 2.53. The summed E-state index contributed by atoms with van der Waals surface area (Å²) in [5.41, 5.74) is 0. The fourth-order valence-electron chi connectivity index (χ4n) is 1.63. The van der Waals surface area contributed by atoms with Crippen LogP contribution in [0.2, 0.25) is 20.1 Å². The van der Waals surface area contributed by atoms with Crippen molar-refractivity contribution in [1.29, 1.82) is 0 Å². The molecule has 2 aromatic rings. The summed E-state index contributed by atoms with van der Waals surface area (Å²) in [6.07, 6.45) is 0. The van der Waals surface area contributed by atoms with Gasteiger partial charge in [-0.25, -0.2) is 0 Å². The Morgan fingerprint density at radius 3 is 1.95 bits per heavy atom. The highest BCUT2D eigenvalue weighted by molar-refractivity contribution is 9.10. The first-order valence-corrected chi connectivity index (χ1v) is 7.30. The molecular weight excluding hydrogens is 398 g/mol. The van der Waals surface area contributed by atoms with Crippen molar-refractivity contribution in [2.24, 2.45) is 0 Å². The first-order valence-electron chi connectivity index (χ1n) is 4.99. The van der Waals surface area contributed by atoms with E-state index >= 15 is 0 Å². The van der Waals surface area contributed by atoms with Gasteiger partial charge in [0.15, 0.2) is 23.0 Å². The normalized spacial score (nSPS) is 12.3. The molecule has 2 nitrogen and oxygen atoms in total. The van der Waals surface area contributed by atoms with Crippen molar-refractivity contribution in [3.8, 4) is 23.0 Å². The van der Waals surface area contributed by atoms with Gasteiger partial charge in [-0.1, -0.05) is 46.4 Å². The van der Waals surface area contributed by atoms with Gasteiger partial charge in [0.05, 0.1) is 15.1 Å². The van der Waals surface area contributed by atoms with Crippen LogP contribution in [-0.2, 0) is 0 Å². The maximum absolute atomic E-state index is 6.13. The Balaban J connectivity index is 2.17. The molecule has 0 unspecified atom stereocenters. The summed E-state index contributed by atoms with van der Waals surface area (Å²) in [5.74, 6) is 1.70. The van der Waals surface area contributed by atoms with Crippen LogP contribution in [0.1, 0.15) is 0 Å². The van der Waals surface area contributed by atoms with Gasteiger partial charge in [0.25, 0.3) is 0 Å². The largest absolute Gasteiger partial charge is 0.449 e. The van der Waals surface area contributed by atoms with E-state index in [1.54, 1.807) is 18.2 Å². The van der Waals surface area contributed by atoms with Crippen LogP contribution in [0, 0.1) is 0 Å². The molecule has 0 aliphatic carbocycles. The van der Waals surface area contributed by atoms with Gasteiger partial charge in [-0.15, -0.1) is 0 Å². The average Bonchev–Trinajstić information content (AvgIpc) is 2.37. The Morgan fingerprint density at radius 1 is 0.737 bits per heavy atom. The summed E-state index contributed by atoms with van der Waals surface area (Å²) >= 11 is 27.3. The SMILES string of the molecule is Clc1cc2c(cc1Cl)Oc1c(cc(Br)c(Cl)c1Cl)O2. The van der Waals surface area contributed by atoms with Crippen LogP contribution in [0.4, 0.5) is 0 Å². The lowest BCUT2D eigenvalue weighted by molar-refractivity contribution is 0.359. The third kappa shape index (κ3) is 2.28. The Bertz CT molecular complexity index is 703. The minimum absolute atomic E-state index is 0.266. The van der Waals surface area contributed by atoms with E-state index in [-0.39, 0.29) is 5.02 Å². The number of fused-ring (bicyclic) bond motifs is 2. The van der Waals surface area contributed by atoms with Crippen LogP contribution in [0.25, 0.3) is 0 Å². The predicted molar refractivity (Wildman–Crippen MR) is 80.8 cm³/mol. The van der Waals surface area contributed by atoms with Gasteiger partial charge in [-0.3, -0.25) is 0 Å². The second-order valence-corrected chi connectivity index (χ2v) is 6.16. The van der Waals surface area contributed by atoms with Crippen molar-refractivity contribution in [3.05, 3.63) is 42.8 Å². The number of hydrogen-bond donors (Lipinski definition) is 0. The van der Waals surface area contributed by atoms with Gasteiger partial charge in [0.2, 0.25) is 0 Å². The van der Waals surface area contributed by atoms with Crippen molar-refractivity contribution < 1.29 is 9.47 Å². The lowest BCUT2D eigenvalue weighted by atomic mass is 10.2. The van der Waals surface area contributed by atoms with Gasteiger partial charge >= 0.3 is 0 Å². The quantitative estimate of drug-likeness (QED) is 0.380. The second-order valence-electron chi connectivity index (χ2n) is 3.73. The molecule has 1 aliphatic heterocycles. The Morgan fingerprint density at radius 2 is 1.32 bits per heavy atom. The molecule has 2 aromatic carbocycles. The van der Waals surface area contributed by atoms with Gasteiger partial charge in [-0.05, 0) is 15.9 Å². The molecule has 1 heterocycles. The van der Waals surface area contributed by atoms with Gasteiger partial charge in [0.1, 0.15) is 5.02 Å². The van der Waals surface area contributed by atoms with Gasteiger partial charge in [-0.2, -0.15) is 0 Å². The lowest BCUT2D eigenvalue weighted by Gasteiger charge is -2.22. The summed E-state index contributed by atoms with van der Waals surface area (Å²) in [6, 6.07) is 4.82. The van der Waals surface area contributed by atoms with E-state index in [1.807, 2.05) is 0 Å². The van der Waals surface area contributed by atoms with Crippen LogP contribution in [0.15, 0.2) is 22.7 Å². The predicted octanol–water partition coefficient (Wildman–Crippen LogP) is 6.96. The van der Waals surface area contributed by atoms with E-state index in [0.717, 1.165) is 0 Å². The molecule has 0 saturated heterocycles. The molecule has 0 radical (unpaired) electrons. The summed E-state index contributed by atoms with van der Waals surface area (Å²) < 4.78 is 12.0. The summed E-state index contributed by atoms with van der Waals surface area (Å²) in [4.78, 5) is 0. The zero-order chi connectivity index (χ0) is 13.7. The van der Waals surface area contributed by atoms with Crippen molar-refractivity contribution in [3.63, 3.8) is 0 Å². The van der Waals surface area contributed by atoms with E-state index in [9.17, 15) is 0 Å². The van der Waals surface area contributed by atoms with Crippen LogP contribution in [0.5, 0.6) is 23.0 Å².